The average molecular weight is 209 g/mol. The van der Waals surface area contributed by atoms with E-state index in [-0.39, 0.29) is 17.4 Å². The molecule has 80 valence electrons. The number of anilines is 1. The van der Waals surface area contributed by atoms with Crippen LogP contribution < -0.4 is 16.2 Å². The van der Waals surface area contributed by atoms with Gasteiger partial charge in [-0.1, -0.05) is 0 Å². The van der Waals surface area contributed by atoms with Crippen LogP contribution in [0.1, 0.15) is 18.0 Å². The number of hydrogen-bond donors (Lipinski definition) is 2. The smallest absolute Gasteiger partial charge is 0.295 e. The number of ether oxygens (including phenoxy) is 1. The van der Waals surface area contributed by atoms with E-state index < -0.39 is 4.92 Å². The minimum absolute atomic E-state index is 0.0626. The van der Waals surface area contributed by atoms with Gasteiger partial charge in [0.1, 0.15) is 0 Å². The minimum atomic E-state index is -0.529. The molecule has 2 rings (SSSR count). The summed E-state index contributed by atoms with van der Waals surface area (Å²) in [4.78, 5) is 10.1. The first-order valence-electron chi connectivity index (χ1n) is 4.56. The first kappa shape index (κ1) is 9.72. The summed E-state index contributed by atoms with van der Waals surface area (Å²) in [6, 6.07) is 2.81. The predicted octanol–water partition coefficient (Wildman–Crippen LogP) is 0.959. The fourth-order valence-electron chi connectivity index (χ4n) is 1.66. The van der Waals surface area contributed by atoms with E-state index in [9.17, 15) is 10.1 Å². The van der Waals surface area contributed by atoms with Gasteiger partial charge in [0.05, 0.1) is 11.5 Å². The van der Waals surface area contributed by atoms with Crippen LogP contribution in [0.3, 0.4) is 0 Å². The SMILES string of the molecule is Nc1c([N+](=O)[O-])ccc2c1OCC[C@H]2N. The van der Waals surface area contributed by atoms with Crippen LogP contribution in [0.4, 0.5) is 11.4 Å². The summed E-state index contributed by atoms with van der Waals surface area (Å²) in [5.74, 6) is 0.364. The molecule has 1 heterocycles. The van der Waals surface area contributed by atoms with Gasteiger partial charge in [-0.2, -0.15) is 0 Å². The number of rotatable bonds is 1. The van der Waals surface area contributed by atoms with Crippen LogP contribution in [-0.4, -0.2) is 11.5 Å². The second kappa shape index (κ2) is 3.39. The number of nitrogens with zero attached hydrogens (tertiary/aromatic N) is 1. The third-order valence-corrected chi connectivity index (χ3v) is 2.47. The molecule has 1 aromatic rings. The van der Waals surface area contributed by atoms with Gasteiger partial charge >= 0.3 is 0 Å². The topological polar surface area (TPSA) is 104 Å². The van der Waals surface area contributed by atoms with E-state index in [0.29, 0.717) is 18.8 Å². The monoisotopic (exact) mass is 209 g/mol. The lowest BCUT2D eigenvalue weighted by Gasteiger charge is -2.23. The molecule has 0 aromatic heterocycles. The van der Waals surface area contributed by atoms with Gasteiger partial charge in [0.15, 0.2) is 11.4 Å². The molecule has 4 N–H and O–H groups in total. The van der Waals surface area contributed by atoms with Crippen LogP contribution in [0.15, 0.2) is 12.1 Å². The molecular weight excluding hydrogens is 198 g/mol. The van der Waals surface area contributed by atoms with Gasteiger partial charge in [-0.25, -0.2) is 0 Å². The number of hydrogen-bond acceptors (Lipinski definition) is 5. The van der Waals surface area contributed by atoms with Gasteiger partial charge in [-0.05, 0) is 6.07 Å². The van der Waals surface area contributed by atoms with Crippen LogP contribution >= 0.6 is 0 Å². The number of fused-ring (bicyclic) bond motifs is 1. The molecular formula is C9H11N3O3. The van der Waals surface area contributed by atoms with E-state index in [4.69, 9.17) is 16.2 Å². The van der Waals surface area contributed by atoms with Crippen LogP contribution in [0, 0.1) is 10.1 Å². The number of nitro benzene ring substituents is 1. The number of benzene rings is 1. The molecule has 1 aromatic carbocycles. The molecule has 0 amide bonds. The van der Waals surface area contributed by atoms with E-state index in [1.165, 1.54) is 6.07 Å². The molecule has 0 fully saturated rings. The Balaban J connectivity index is 2.57. The van der Waals surface area contributed by atoms with E-state index >= 15 is 0 Å². The van der Waals surface area contributed by atoms with Crippen molar-refractivity contribution in [3.8, 4) is 5.75 Å². The molecule has 0 spiro atoms. The largest absolute Gasteiger partial charge is 0.491 e. The summed E-state index contributed by atoms with van der Waals surface area (Å²) in [5.41, 5.74) is 12.1. The second-order valence-electron chi connectivity index (χ2n) is 3.42. The quantitative estimate of drug-likeness (QED) is 0.407. The zero-order valence-electron chi connectivity index (χ0n) is 7.97. The van der Waals surface area contributed by atoms with Gasteiger partial charge in [-0.3, -0.25) is 10.1 Å². The zero-order valence-corrected chi connectivity index (χ0v) is 7.97. The molecule has 0 saturated heterocycles. The normalized spacial score (nSPS) is 19.1. The first-order chi connectivity index (χ1) is 7.11. The van der Waals surface area contributed by atoms with Crippen LogP contribution in [-0.2, 0) is 0 Å². The van der Waals surface area contributed by atoms with Crippen LogP contribution in [0.5, 0.6) is 5.75 Å². The van der Waals surface area contributed by atoms with Crippen molar-refractivity contribution in [3.05, 3.63) is 27.8 Å². The molecule has 15 heavy (non-hydrogen) atoms. The maximum absolute atomic E-state index is 10.6. The Kier molecular flexibility index (Phi) is 2.20. The Hall–Kier alpha value is -1.82. The van der Waals surface area contributed by atoms with E-state index in [2.05, 4.69) is 0 Å². The molecule has 6 nitrogen and oxygen atoms in total. The maximum atomic E-state index is 10.6. The molecule has 0 unspecified atom stereocenters. The molecule has 6 heteroatoms. The second-order valence-corrected chi connectivity index (χ2v) is 3.42. The lowest BCUT2D eigenvalue weighted by Crippen LogP contribution is -2.21. The Labute approximate surface area is 86.0 Å². The van der Waals surface area contributed by atoms with Crippen molar-refractivity contribution in [2.75, 3.05) is 12.3 Å². The van der Waals surface area contributed by atoms with Crippen molar-refractivity contribution < 1.29 is 9.66 Å². The Morgan fingerprint density at radius 3 is 2.93 bits per heavy atom. The van der Waals surface area contributed by atoms with Gasteiger partial charge in [-0.15, -0.1) is 0 Å². The lowest BCUT2D eigenvalue weighted by atomic mass is 10.00. The summed E-state index contributed by atoms with van der Waals surface area (Å²) >= 11 is 0. The number of nitrogen functional groups attached to an aromatic ring is 1. The first-order valence-corrected chi connectivity index (χ1v) is 4.56. The highest BCUT2D eigenvalue weighted by Crippen LogP contribution is 2.40. The standard InChI is InChI=1S/C9H11N3O3/c10-6-3-4-15-9-5(6)1-2-7(8(9)11)12(13)14/h1-2,6H,3-4,10-11H2/t6-/m1/s1. The average Bonchev–Trinajstić information content (AvgIpc) is 2.19. The van der Waals surface area contributed by atoms with Crippen molar-refractivity contribution in [2.45, 2.75) is 12.5 Å². The fourth-order valence-corrected chi connectivity index (χ4v) is 1.66. The third-order valence-electron chi connectivity index (χ3n) is 2.47. The molecule has 1 aliphatic rings. The molecule has 0 radical (unpaired) electrons. The highest BCUT2D eigenvalue weighted by Gasteiger charge is 2.25. The van der Waals surface area contributed by atoms with Crippen molar-refractivity contribution in [2.24, 2.45) is 5.73 Å². The summed E-state index contributed by atoms with van der Waals surface area (Å²) in [7, 11) is 0. The highest BCUT2D eigenvalue weighted by atomic mass is 16.6. The molecule has 1 atom stereocenters. The van der Waals surface area contributed by atoms with Gasteiger partial charge in [0.2, 0.25) is 0 Å². The predicted molar refractivity (Wildman–Crippen MR) is 54.5 cm³/mol. The summed E-state index contributed by atoms with van der Waals surface area (Å²) in [6.07, 6.45) is 0.699. The molecule has 1 aliphatic heterocycles. The highest BCUT2D eigenvalue weighted by molar-refractivity contribution is 5.70. The Bertz CT molecular complexity index is 419. The minimum Gasteiger partial charge on any atom is -0.491 e. The van der Waals surface area contributed by atoms with Gasteiger partial charge < -0.3 is 16.2 Å². The van der Waals surface area contributed by atoms with E-state index in [1.54, 1.807) is 6.07 Å². The summed E-state index contributed by atoms with van der Waals surface area (Å²) < 4.78 is 5.31. The number of nitrogens with two attached hydrogens (primary N) is 2. The summed E-state index contributed by atoms with van der Waals surface area (Å²) in [5, 5.41) is 10.6. The van der Waals surface area contributed by atoms with E-state index in [0.717, 1.165) is 5.56 Å². The van der Waals surface area contributed by atoms with Crippen molar-refractivity contribution in [1.82, 2.24) is 0 Å². The summed E-state index contributed by atoms with van der Waals surface area (Å²) in [6.45, 7) is 0.444. The van der Waals surface area contributed by atoms with Gasteiger partial charge in [0, 0.05) is 24.1 Å². The Morgan fingerprint density at radius 2 is 2.27 bits per heavy atom. The molecule has 0 saturated carbocycles. The molecule has 0 bridgehead atoms. The van der Waals surface area contributed by atoms with Crippen molar-refractivity contribution >= 4 is 11.4 Å². The maximum Gasteiger partial charge on any atom is 0.295 e. The fraction of sp³-hybridized carbons (Fsp3) is 0.333. The van der Waals surface area contributed by atoms with E-state index in [1.807, 2.05) is 0 Å². The van der Waals surface area contributed by atoms with Crippen LogP contribution in [0.2, 0.25) is 0 Å². The van der Waals surface area contributed by atoms with Gasteiger partial charge in [0.25, 0.3) is 5.69 Å². The Morgan fingerprint density at radius 1 is 1.53 bits per heavy atom. The van der Waals surface area contributed by atoms with Crippen molar-refractivity contribution in [1.29, 1.82) is 0 Å². The number of nitro groups is 1. The molecule has 0 aliphatic carbocycles. The zero-order chi connectivity index (χ0) is 11.0. The van der Waals surface area contributed by atoms with Crippen molar-refractivity contribution in [3.63, 3.8) is 0 Å². The van der Waals surface area contributed by atoms with Crippen LogP contribution in [0.25, 0.3) is 0 Å². The third kappa shape index (κ3) is 1.48. The lowest BCUT2D eigenvalue weighted by molar-refractivity contribution is -0.384.